The van der Waals surface area contributed by atoms with Crippen LogP contribution in [0.5, 0.6) is 0 Å². The number of rotatable bonds is 3. The number of urea groups is 1. The monoisotopic (exact) mass is 231 g/mol. The van der Waals surface area contributed by atoms with Crippen LogP contribution in [-0.2, 0) is 14.8 Å². The van der Waals surface area contributed by atoms with Crippen LogP contribution in [0.15, 0.2) is 23.1 Å². The van der Waals surface area contributed by atoms with Gasteiger partial charge >= 0.3 is 6.03 Å². The number of carbonyl (C=O) groups excluding carboxylic acids is 2. The van der Waals surface area contributed by atoms with E-state index in [1.54, 1.807) is 10.3 Å². The maximum atomic E-state index is 11.4. The van der Waals surface area contributed by atoms with E-state index in [4.69, 9.17) is 0 Å². The second-order valence-electron chi connectivity index (χ2n) is 2.68. The SMILES string of the molecule is NC(=O)NNS(=O)(=O)C1=CC=CCC1=O. The van der Waals surface area contributed by atoms with E-state index in [9.17, 15) is 18.0 Å². The summed E-state index contributed by atoms with van der Waals surface area (Å²) >= 11 is 0. The molecule has 0 saturated carbocycles. The molecule has 0 saturated heterocycles. The molecule has 1 rings (SSSR count). The van der Waals surface area contributed by atoms with Crippen molar-refractivity contribution in [1.82, 2.24) is 10.3 Å². The van der Waals surface area contributed by atoms with Crippen LogP contribution in [0.4, 0.5) is 4.79 Å². The summed E-state index contributed by atoms with van der Waals surface area (Å²) in [6.45, 7) is 0. The number of hydrogen-bond donors (Lipinski definition) is 3. The highest BCUT2D eigenvalue weighted by Crippen LogP contribution is 2.12. The number of carbonyl (C=O) groups is 2. The lowest BCUT2D eigenvalue weighted by molar-refractivity contribution is -0.114. The Morgan fingerprint density at radius 3 is 2.67 bits per heavy atom. The Bertz CT molecular complexity index is 449. The van der Waals surface area contributed by atoms with Gasteiger partial charge in [-0.2, -0.15) is 0 Å². The van der Waals surface area contributed by atoms with Gasteiger partial charge in [-0.1, -0.05) is 12.2 Å². The molecule has 15 heavy (non-hydrogen) atoms. The van der Waals surface area contributed by atoms with E-state index in [0.717, 1.165) is 6.08 Å². The van der Waals surface area contributed by atoms with E-state index in [-0.39, 0.29) is 6.42 Å². The average Bonchev–Trinajstić information content (AvgIpc) is 2.15. The van der Waals surface area contributed by atoms with Crippen LogP contribution in [-0.4, -0.2) is 20.2 Å². The minimum Gasteiger partial charge on any atom is -0.351 e. The molecule has 2 amide bonds. The number of ketones is 1. The van der Waals surface area contributed by atoms with Gasteiger partial charge in [0, 0.05) is 6.42 Å². The third-order valence-corrected chi connectivity index (χ3v) is 2.87. The molecule has 0 fully saturated rings. The first-order valence-electron chi connectivity index (χ1n) is 3.91. The molecule has 0 spiro atoms. The van der Waals surface area contributed by atoms with Crippen molar-refractivity contribution in [3.8, 4) is 0 Å². The maximum absolute atomic E-state index is 11.4. The standard InChI is InChI=1S/C7H9N3O4S/c8-7(12)9-10-15(13,14)6-4-2-1-3-5(6)11/h1-2,4,10H,3H2,(H3,8,9,12). The molecule has 0 atom stereocenters. The topological polar surface area (TPSA) is 118 Å². The molecular weight excluding hydrogens is 222 g/mol. The fraction of sp³-hybridized carbons (Fsp3) is 0.143. The van der Waals surface area contributed by atoms with E-state index in [1.807, 2.05) is 0 Å². The van der Waals surface area contributed by atoms with Crippen molar-refractivity contribution >= 4 is 21.8 Å². The third-order valence-electron chi connectivity index (χ3n) is 1.56. The Hall–Kier alpha value is -1.67. The number of hydrogen-bond acceptors (Lipinski definition) is 4. The normalized spacial score (nSPS) is 16.0. The smallest absolute Gasteiger partial charge is 0.327 e. The van der Waals surface area contributed by atoms with Gasteiger partial charge in [0.15, 0.2) is 5.78 Å². The predicted octanol–water partition coefficient (Wildman–Crippen LogP) is -1.10. The lowest BCUT2D eigenvalue weighted by Crippen LogP contribution is -2.45. The van der Waals surface area contributed by atoms with Crippen molar-refractivity contribution < 1.29 is 18.0 Å². The van der Waals surface area contributed by atoms with Crippen molar-refractivity contribution in [2.45, 2.75) is 6.42 Å². The third kappa shape index (κ3) is 2.89. The van der Waals surface area contributed by atoms with Crippen LogP contribution >= 0.6 is 0 Å². The quantitative estimate of drug-likeness (QED) is 0.534. The first-order chi connectivity index (χ1) is 6.93. The van der Waals surface area contributed by atoms with Gasteiger partial charge in [-0.25, -0.2) is 13.2 Å². The Labute approximate surface area is 86.0 Å². The second kappa shape index (κ2) is 4.24. The second-order valence-corrected chi connectivity index (χ2v) is 4.33. The molecule has 4 N–H and O–H groups in total. The molecule has 0 bridgehead atoms. The van der Waals surface area contributed by atoms with E-state index < -0.39 is 26.7 Å². The number of sulfonamides is 1. The van der Waals surface area contributed by atoms with Gasteiger partial charge in [0.25, 0.3) is 10.0 Å². The van der Waals surface area contributed by atoms with Crippen LogP contribution in [0, 0.1) is 0 Å². The molecule has 1 aliphatic carbocycles. The highest BCUT2D eigenvalue weighted by Gasteiger charge is 2.24. The van der Waals surface area contributed by atoms with Gasteiger partial charge in [0.2, 0.25) is 0 Å². The average molecular weight is 231 g/mol. The number of amides is 2. The molecule has 0 radical (unpaired) electrons. The Morgan fingerprint density at radius 1 is 1.47 bits per heavy atom. The molecule has 82 valence electrons. The molecule has 0 aromatic heterocycles. The largest absolute Gasteiger partial charge is 0.351 e. The van der Waals surface area contributed by atoms with E-state index in [0.29, 0.717) is 0 Å². The van der Waals surface area contributed by atoms with Crippen LogP contribution in [0.1, 0.15) is 6.42 Å². The molecule has 0 aromatic carbocycles. The Morgan fingerprint density at radius 2 is 2.13 bits per heavy atom. The summed E-state index contributed by atoms with van der Waals surface area (Å²) in [5.74, 6) is -0.545. The minimum absolute atomic E-state index is 0.0172. The van der Waals surface area contributed by atoms with Crippen LogP contribution in [0.2, 0.25) is 0 Å². The van der Waals surface area contributed by atoms with Crippen molar-refractivity contribution in [2.75, 3.05) is 0 Å². The zero-order valence-electron chi connectivity index (χ0n) is 7.56. The number of primary amides is 1. The van der Waals surface area contributed by atoms with Gasteiger partial charge < -0.3 is 5.73 Å². The Balaban J connectivity index is 2.86. The van der Waals surface area contributed by atoms with Gasteiger partial charge in [-0.05, 0) is 6.08 Å². The predicted molar refractivity (Wildman–Crippen MR) is 51.6 cm³/mol. The molecule has 8 heteroatoms. The van der Waals surface area contributed by atoms with Crippen molar-refractivity contribution in [3.63, 3.8) is 0 Å². The zero-order chi connectivity index (χ0) is 11.5. The molecule has 0 aromatic rings. The van der Waals surface area contributed by atoms with Crippen LogP contribution < -0.4 is 16.0 Å². The van der Waals surface area contributed by atoms with Crippen LogP contribution in [0.25, 0.3) is 0 Å². The highest BCUT2D eigenvalue weighted by atomic mass is 32.2. The number of nitrogens with two attached hydrogens (primary N) is 1. The Kier molecular flexibility index (Phi) is 3.22. The summed E-state index contributed by atoms with van der Waals surface area (Å²) in [6.07, 6.45) is 4.14. The van der Waals surface area contributed by atoms with E-state index in [2.05, 4.69) is 5.73 Å². The lowest BCUT2D eigenvalue weighted by Gasteiger charge is -2.09. The van der Waals surface area contributed by atoms with Crippen LogP contribution in [0.3, 0.4) is 0 Å². The van der Waals surface area contributed by atoms with E-state index in [1.165, 1.54) is 12.2 Å². The lowest BCUT2D eigenvalue weighted by atomic mass is 10.2. The number of nitrogens with one attached hydrogen (secondary N) is 2. The molecular formula is C7H9N3O4S. The minimum atomic E-state index is -4.03. The molecule has 0 unspecified atom stereocenters. The molecule has 1 aliphatic rings. The van der Waals surface area contributed by atoms with Gasteiger partial charge in [0.05, 0.1) is 0 Å². The maximum Gasteiger partial charge on any atom is 0.327 e. The van der Waals surface area contributed by atoms with Crippen molar-refractivity contribution in [1.29, 1.82) is 0 Å². The highest BCUT2D eigenvalue weighted by molar-refractivity contribution is 7.94. The van der Waals surface area contributed by atoms with Crippen molar-refractivity contribution in [2.24, 2.45) is 5.73 Å². The number of hydrazine groups is 1. The number of Topliss-reactive ketones (excluding diaryl/α,β-unsaturated/α-hetero) is 1. The first kappa shape index (κ1) is 11.4. The summed E-state index contributed by atoms with van der Waals surface area (Å²) in [7, 11) is -4.03. The molecule has 0 aliphatic heterocycles. The summed E-state index contributed by atoms with van der Waals surface area (Å²) in [4.78, 5) is 22.8. The van der Waals surface area contributed by atoms with Gasteiger partial charge in [0.1, 0.15) is 4.91 Å². The van der Waals surface area contributed by atoms with Gasteiger partial charge in [-0.3, -0.25) is 10.2 Å². The van der Waals surface area contributed by atoms with E-state index >= 15 is 0 Å². The van der Waals surface area contributed by atoms with Gasteiger partial charge in [-0.15, -0.1) is 4.83 Å². The fourth-order valence-electron chi connectivity index (χ4n) is 0.936. The first-order valence-corrected chi connectivity index (χ1v) is 5.39. The summed E-state index contributed by atoms with van der Waals surface area (Å²) in [6, 6.07) is -1.06. The summed E-state index contributed by atoms with van der Waals surface area (Å²) < 4.78 is 22.8. The number of allylic oxidation sites excluding steroid dienone is 4. The fourth-order valence-corrected chi connectivity index (χ4v) is 1.92. The van der Waals surface area contributed by atoms with Crippen molar-refractivity contribution in [3.05, 3.63) is 23.1 Å². The summed E-state index contributed by atoms with van der Waals surface area (Å²) in [5.41, 5.74) is 6.36. The summed E-state index contributed by atoms with van der Waals surface area (Å²) in [5, 5.41) is 0. The zero-order valence-corrected chi connectivity index (χ0v) is 8.37. The molecule has 7 nitrogen and oxygen atoms in total. The molecule has 0 heterocycles.